The summed E-state index contributed by atoms with van der Waals surface area (Å²) in [5, 5.41) is 10.7. The van der Waals surface area contributed by atoms with Gasteiger partial charge in [-0.25, -0.2) is 4.98 Å². The van der Waals surface area contributed by atoms with E-state index in [2.05, 4.69) is 14.9 Å². The number of H-pyrrole nitrogens is 1. The monoisotopic (exact) mass is 281 g/mol. The summed E-state index contributed by atoms with van der Waals surface area (Å²) in [6.07, 6.45) is 3.24. The Balaban J connectivity index is 1.72. The van der Waals surface area contributed by atoms with Gasteiger partial charge in [-0.1, -0.05) is 0 Å². The predicted molar refractivity (Wildman–Crippen MR) is 73.5 cm³/mol. The van der Waals surface area contributed by atoms with Gasteiger partial charge in [-0.05, 0) is 6.92 Å². The first-order valence-corrected chi connectivity index (χ1v) is 7.30. The van der Waals surface area contributed by atoms with E-state index in [0.29, 0.717) is 45.8 Å². The van der Waals surface area contributed by atoms with Crippen molar-refractivity contribution in [3.63, 3.8) is 0 Å². The number of ether oxygens (including phenoxy) is 2. The highest BCUT2D eigenvalue weighted by Crippen LogP contribution is 2.28. The van der Waals surface area contributed by atoms with E-state index in [0.717, 1.165) is 18.1 Å². The molecule has 2 aliphatic rings. The van der Waals surface area contributed by atoms with Crippen molar-refractivity contribution >= 4 is 0 Å². The van der Waals surface area contributed by atoms with Crippen LogP contribution in [0.15, 0.2) is 6.20 Å². The van der Waals surface area contributed by atoms with Gasteiger partial charge in [0.05, 0.1) is 24.9 Å². The Bertz CT molecular complexity index is 443. The molecule has 3 rings (SSSR count). The number of hydrogen-bond acceptors (Lipinski definition) is 5. The lowest BCUT2D eigenvalue weighted by Gasteiger charge is -2.41. The van der Waals surface area contributed by atoms with E-state index >= 15 is 0 Å². The van der Waals surface area contributed by atoms with E-state index < -0.39 is 5.60 Å². The third-order valence-corrected chi connectivity index (χ3v) is 4.20. The number of imidazole rings is 1. The molecule has 2 aliphatic heterocycles. The molecule has 1 aromatic heterocycles. The summed E-state index contributed by atoms with van der Waals surface area (Å²) in [5.41, 5.74) is 0.408. The molecule has 112 valence electrons. The third-order valence-electron chi connectivity index (χ3n) is 4.20. The van der Waals surface area contributed by atoms with Crippen LogP contribution in [0.25, 0.3) is 0 Å². The van der Waals surface area contributed by atoms with Gasteiger partial charge in [0, 0.05) is 51.0 Å². The van der Waals surface area contributed by atoms with Crippen LogP contribution >= 0.6 is 0 Å². The van der Waals surface area contributed by atoms with Crippen LogP contribution in [-0.4, -0.2) is 65.1 Å². The summed E-state index contributed by atoms with van der Waals surface area (Å²) in [6, 6.07) is 0.101. The van der Waals surface area contributed by atoms with Crippen molar-refractivity contribution in [1.29, 1.82) is 0 Å². The average Bonchev–Trinajstić information content (AvgIpc) is 2.86. The molecule has 0 amide bonds. The highest BCUT2D eigenvalue weighted by Gasteiger charge is 2.36. The number of hydrogen-bond donors (Lipinski definition) is 2. The smallest absolute Gasteiger partial charge is 0.126 e. The maximum atomic E-state index is 10.7. The summed E-state index contributed by atoms with van der Waals surface area (Å²) in [7, 11) is 0. The second kappa shape index (κ2) is 5.81. The van der Waals surface area contributed by atoms with E-state index in [4.69, 9.17) is 9.47 Å². The number of morpholine rings is 1. The highest BCUT2D eigenvalue weighted by atomic mass is 16.5. The Kier molecular flexibility index (Phi) is 4.07. The zero-order chi connectivity index (χ0) is 14.0. The number of rotatable bonds is 3. The summed E-state index contributed by atoms with van der Waals surface area (Å²) >= 11 is 0. The standard InChI is InChI=1S/C14H23N3O3/c1-11-8-15-13(16-11)12-9-20-7-4-17(12)10-14(18)2-5-19-6-3-14/h8,12,18H,2-7,9-10H2,1H3,(H,15,16)/t12-/m0/s1. The molecule has 1 atom stereocenters. The predicted octanol–water partition coefficient (Wildman–Crippen LogP) is 0.633. The molecule has 2 N–H and O–H groups in total. The number of β-amino-alcohol motifs (C(OH)–C–C–N with tert-alkyl or cyclic N) is 1. The SMILES string of the molecule is Cc1cnc([C@@H]2COCCN2CC2(O)CCOCC2)[nH]1. The van der Waals surface area contributed by atoms with Gasteiger partial charge in [0.2, 0.25) is 0 Å². The number of aromatic amines is 1. The van der Waals surface area contributed by atoms with Crippen LogP contribution in [-0.2, 0) is 9.47 Å². The first-order valence-electron chi connectivity index (χ1n) is 7.30. The molecule has 2 saturated heterocycles. The van der Waals surface area contributed by atoms with Crippen molar-refractivity contribution in [3.8, 4) is 0 Å². The van der Waals surface area contributed by atoms with Gasteiger partial charge in [0.1, 0.15) is 5.82 Å². The molecule has 0 spiro atoms. The van der Waals surface area contributed by atoms with Crippen LogP contribution < -0.4 is 0 Å². The normalized spacial score (nSPS) is 27.6. The lowest BCUT2D eigenvalue weighted by atomic mass is 9.93. The van der Waals surface area contributed by atoms with Gasteiger partial charge in [0.25, 0.3) is 0 Å². The number of aliphatic hydroxyl groups is 1. The summed E-state index contributed by atoms with van der Waals surface area (Å²) in [4.78, 5) is 9.99. The highest BCUT2D eigenvalue weighted by molar-refractivity contribution is 5.05. The first-order chi connectivity index (χ1) is 9.66. The summed E-state index contributed by atoms with van der Waals surface area (Å²) < 4.78 is 10.9. The van der Waals surface area contributed by atoms with Crippen molar-refractivity contribution in [2.75, 3.05) is 39.5 Å². The first kappa shape index (κ1) is 14.0. The fourth-order valence-corrected chi connectivity index (χ4v) is 2.97. The second-order valence-electron chi connectivity index (χ2n) is 5.85. The fourth-order valence-electron chi connectivity index (χ4n) is 2.97. The molecule has 0 radical (unpaired) electrons. The Morgan fingerprint density at radius 3 is 2.90 bits per heavy atom. The van der Waals surface area contributed by atoms with Crippen LogP contribution in [0.5, 0.6) is 0 Å². The molecule has 0 saturated carbocycles. The van der Waals surface area contributed by atoms with Crippen molar-refractivity contribution in [2.24, 2.45) is 0 Å². The Labute approximate surface area is 119 Å². The largest absolute Gasteiger partial charge is 0.388 e. The van der Waals surface area contributed by atoms with Gasteiger partial charge < -0.3 is 19.6 Å². The Hall–Kier alpha value is -0.950. The lowest BCUT2D eigenvalue weighted by molar-refractivity contribution is -0.105. The molecular weight excluding hydrogens is 258 g/mol. The van der Waals surface area contributed by atoms with Crippen LogP contribution in [0.1, 0.15) is 30.4 Å². The average molecular weight is 281 g/mol. The number of nitrogens with zero attached hydrogens (tertiary/aromatic N) is 2. The molecule has 0 aliphatic carbocycles. The number of aryl methyl sites for hydroxylation is 1. The zero-order valence-electron chi connectivity index (χ0n) is 12.0. The van der Waals surface area contributed by atoms with E-state index in [1.807, 2.05) is 13.1 Å². The topological polar surface area (TPSA) is 70.6 Å². The third kappa shape index (κ3) is 3.03. The second-order valence-corrected chi connectivity index (χ2v) is 5.85. The quantitative estimate of drug-likeness (QED) is 0.850. The Morgan fingerprint density at radius 1 is 1.40 bits per heavy atom. The molecular formula is C14H23N3O3. The summed E-state index contributed by atoms with van der Waals surface area (Å²) in [6.45, 7) is 6.10. The molecule has 0 bridgehead atoms. The minimum absolute atomic E-state index is 0.101. The van der Waals surface area contributed by atoms with Crippen molar-refractivity contribution in [3.05, 3.63) is 17.7 Å². The van der Waals surface area contributed by atoms with Crippen LogP contribution in [0, 0.1) is 6.92 Å². The number of aromatic nitrogens is 2. The molecule has 2 fully saturated rings. The molecule has 0 aromatic carbocycles. The maximum Gasteiger partial charge on any atom is 0.126 e. The van der Waals surface area contributed by atoms with Gasteiger partial charge in [-0.3, -0.25) is 4.90 Å². The van der Waals surface area contributed by atoms with Gasteiger partial charge in [0.15, 0.2) is 0 Å². The maximum absolute atomic E-state index is 10.7. The Morgan fingerprint density at radius 2 is 2.20 bits per heavy atom. The van der Waals surface area contributed by atoms with E-state index in [-0.39, 0.29) is 6.04 Å². The van der Waals surface area contributed by atoms with Gasteiger partial charge in [-0.15, -0.1) is 0 Å². The van der Waals surface area contributed by atoms with Gasteiger partial charge in [-0.2, -0.15) is 0 Å². The van der Waals surface area contributed by atoms with E-state index in [1.165, 1.54) is 0 Å². The number of nitrogens with one attached hydrogen (secondary N) is 1. The van der Waals surface area contributed by atoms with Crippen LogP contribution in [0.4, 0.5) is 0 Å². The molecule has 6 heteroatoms. The fraction of sp³-hybridized carbons (Fsp3) is 0.786. The van der Waals surface area contributed by atoms with Crippen LogP contribution in [0.3, 0.4) is 0 Å². The van der Waals surface area contributed by atoms with Crippen molar-refractivity contribution in [2.45, 2.75) is 31.4 Å². The summed E-state index contributed by atoms with van der Waals surface area (Å²) in [5.74, 6) is 0.929. The lowest BCUT2D eigenvalue weighted by Crippen LogP contribution is -2.51. The minimum Gasteiger partial charge on any atom is -0.388 e. The molecule has 3 heterocycles. The molecule has 0 unspecified atom stereocenters. The zero-order valence-corrected chi connectivity index (χ0v) is 12.0. The van der Waals surface area contributed by atoms with Gasteiger partial charge >= 0.3 is 0 Å². The molecule has 1 aromatic rings. The van der Waals surface area contributed by atoms with Crippen molar-refractivity contribution in [1.82, 2.24) is 14.9 Å². The van der Waals surface area contributed by atoms with Crippen molar-refractivity contribution < 1.29 is 14.6 Å². The minimum atomic E-state index is -0.643. The van der Waals surface area contributed by atoms with E-state index in [1.54, 1.807) is 0 Å². The molecule has 20 heavy (non-hydrogen) atoms. The van der Waals surface area contributed by atoms with E-state index in [9.17, 15) is 5.11 Å². The molecule has 6 nitrogen and oxygen atoms in total. The van der Waals surface area contributed by atoms with Crippen LogP contribution in [0.2, 0.25) is 0 Å².